The Morgan fingerprint density at radius 3 is 2.85 bits per heavy atom. The Balaban J connectivity index is 1.68. The molecular formula is C18H22N4O4S. The molecule has 0 bridgehead atoms. The quantitative estimate of drug-likeness (QED) is 0.576. The number of carbonyl (C=O) groups is 1. The van der Waals surface area contributed by atoms with E-state index in [-0.39, 0.29) is 17.0 Å². The molecule has 9 heteroatoms. The van der Waals surface area contributed by atoms with Gasteiger partial charge in [0.2, 0.25) is 0 Å². The van der Waals surface area contributed by atoms with Crippen molar-refractivity contribution in [2.45, 2.75) is 49.5 Å². The van der Waals surface area contributed by atoms with Gasteiger partial charge >= 0.3 is 6.09 Å². The van der Waals surface area contributed by atoms with Gasteiger partial charge in [-0.15, -0.1) is 0 Å². The highest BCUT2D eigenvalue weighted by molar-refractivity contribution is 7.99. The summed E-state index contributed by atoms with van der Waals surface area (Å²) in [5.74, 6) is 0. The van der Waals surface area contributed by atoms with E-state index >= 15 is 0 Å². The fourth-order valence-electron chi connectivity index (χ4n) is 2.85. The summed E-state index contributed by atoms with van der Waals surface area (Å²) < 4.78 is 5.46. The van der Waals surface area contributed by atoms with Crippen LogP contribution >= 0.6 is 11.8 Å². The molecule has 2 heterocycles. The molecule has 0 saturated carbocycles. The van der Waals surface area contributed by atoms with Crippen molar-refractivity contribution in [3.8, 4) is 0 Å². The summed E-state index contributed by atoms with van der Waals surface area (Å²) in [5, 5.41) is 11.8. The van der Waals surface area contributed by atoms with E-state index in [4.69, 9.17) is 4.74 Å². The fourth-order valence-corrected chi connectivity index (χ4v) is 4.00. The van der Waals surface area contributed by atoms with Crippen LogP contribution in [0.15, 0.2) is 29.4 Å². The van der Waals surface area contributed by atoms with Gasteiger partial charge in [0.15, 0.2) is 0 Å². The molecule has 1 fully saturated rings. The molecule has 1 aromatic heterocycles. The van der Waals surface area contributed by atoms with Crippen LogP contribution in [0.1, 0.15) is 33.6 Å². The van der Waals surface area contributed by atoms with Crippen molar-refractivity contribution in [2.24, 2.45) is 0 Å². The van der Waals surface area contributed by atoms with E-state index < -0.39 is 10.5 Å². The first-order chi connectivity index (χ1) is 12.7. The number of hydrogen-bond acceptors (Lipinski definition) is 7. The van der Waals surface area contributed by atoms with E-state index in [1.165, 1.54) is 12.1 Å². The molecule has 27 heavy (non-hydrogen) atoms. The molecule has 1 saturated heterocycles. The molecule has 144 valence electrons. The third-order valence-corrected chi connectivity index (χ3v) is 5.19. The first-order valence-corrected chi connectivity index (χ1v) is 9.65. The van der Waals surface area contributed by atoms with E-state index in [1.54, 1.807) is 28.9 Å². The Bertz CT molecular complexity index is 868. The second-order valence-corrected chi connectivity index (χ2v) is 8.77. The summed E-state index contributed by atoms with van der Waals surface area (Å²) in [6, 6.07) is 4.45. The minimum absolute atomic E-state index is 0.00233. The lowest BCUT2D eigenvalue weighted by atomic mass is 10.1. The molecule has 0 aliphatic carbocycles. The maximum atomic E-state index is 12.3. The molecular weight excluding hydrogens is 368 g/mol. The van der Waals surface area contributed by atoms with Crippen molar-refractivity contribution in [1.29, 1.82) is 0 Å². The van der Waals surface area contributed by atoms with Crippen LogP contribution in [0.25, 0.3) is 11.0 Å². The zero-order valence-corrected chi connectivity index (χ0v) is 16.4. The van der Waals surface area contributed by atoms with Crippen LogP contribution < -0.4 is 0 Å². The predicted octanol–water partition coefficient (Wildman–Crippen LogP) is 4.03. The van der Waals surface area contributed by atoms with E-state index in [0.29, 0.717) is 24.1 Å². The zero-order valence-electron chi connectivity index (χ0n) is 15.5. The fraction of sp³-hybridized carbons (Fsp3) is 0.500. The van der Waals surface area contributed by atoms with Gasteiger partial charge in [-0.05, 0) is 39.7 Å². The Morgan fingerprint density at radius 1 is 1.37 bits per heavy atom. The molecule has 1 atom stereocenters. The van der Waals surface area contributed by atoms with E-state index in [0.717, 1.165) is 17.9 Å². The van der Waals surface area contributed by atoms with Crippen LogP contribution in [0.2, 0.25) is 0 Å². The topological polar surface area (TPSA) is 98.5 Å². The molecule has 1 aromatic carbocycles. The lowest BCUT2D eigenvalue weighted by Crippen LogP contribution is -2.43. The van der Waals surface area contributed by atoms with Crippen LogP contribution in [0.4, 0.5) is 10.5 Å². The number of rotatable bonds is 3. The van der Waals surface area contributed by atoms with Gasteiger partial charge in [-0.25, -0.2) is 9.78 Å². The number of hydrogen-bond donors (Lipinski definition) is 0. The second-order valence-electron chi connectivity index (χ2n) is 7.45. The summed E-state index contributed by atoms with van der Waals surface area (Å²) in [6.45, 7) is 6.86. The number of nitrogens with zero attached hydrogens (tertiary/aromatic N) is 4. The third kappa shape index (κ3) is 5.06. The van der Waals surface area contributed by atoms with Crippen LogP contribution in [0, 0.1) is 10.1 Å². The molecule has 8 nitrogen and oxygen atoms in total. The summed E-state index contributed by atoms with van der Waals surface area (Å²) in [5.41, 5.74) is 0.597. The minimum atomic E-state index is -0.510. The summed E-state index contributed by atoms with van der Waals surface area (Å²) >= 11 is 1.57. The van der Waals surface area contributed by atoms with E-state index in [2.05, 4.69) is 9.97 Å². The van der Waals surface area contributed by atoms with E-state index in [9.17, 15) is 14.9 Å². The number of nitro groups is 1. The number of carbonyl (C=O) groups excluding carboxylic acids is 1. The Morgan fingerprint density at radius 2 is 2.15 bits per heavy atom. The SMILES string of the molecule is CC(C)(C)OC(=O)N1CCC[C@@H](Sc2cnc3cc([N+](=O)[O-])ccc3n2)C1. The maximum absolute atomic E-state index is 12.3. The number of amides is 1. The number of likely N-dealkylation sites (tertiary alicyclic amines) is 1. The van der Waals surface area contributed by atoms with Crippen molar-refractivity contribution in [3.63, 3.8) is 0 Å². The van der Waals surface area contributed by atoms with Crippen molar-refractivity contribution >= 4 is 34.6 Å². The van der Waals surface area contributed by atoms with Gasteiger partial charge in [-0.2, -0.15) is 0 Å². The average Bonchev–Trinajstić information content (AvgIpc) is 2.60. The lowest BCUT2D eigenvalue weighted by Gasteiger charge is -2.33. The second kappa shape index (κ2) is 7.67. The number of aromatic nitrogens is 2. The number of thioether (sulfide) groups is 1. The Kier molecular flexibility index (Phi) is 5.50. The number of piperidine rings is 1. The van der Waals surface area contributed by atoms with E-state index in [1.807, 2.05) is 20.8 Å². The number of nitro benzene ring substituents is 1. The van der Waals surface area contributed by atoms with Crippen LogP contribution in [0.3, 0.4) is 0 Å². The molecule has 1 aliphatic heterocycles. The van der Waals surface area contributed by atoms with Gasteiger partial charge in [-0.3, -0.25) is 15.1 Å². The number of fused-ring (bicyclic) bond motifs is 1. The Hall–Kier alpha value is -2.42. The first-order valence-electron chi connectivity index (χ1n) is 8.77. The van der Waals surface area contributed by atoms with Crippen molar-refractivity contribution in [3.05, 3.63) is 34.5 Å². The smallest absolute Gasteiger partial charge is 0.410 e. The van der Waals surface area contributed by atoms with Crippen LogP contribution in [0.5, 0.6) is 0 Å². The van der Waals surface area contributed by atoms with Gasteiger partial charge in [0.1, 0.15) is 10.6 Å². The van der Waals surface area contributed by atoms with Crippen molar-refractivity contribution in [2.75, 3.05) is 13.1 Å². The number of non-ortho nitro benzene ring substituents is 1. The lowest BCUT2D eigenvalue weighted by molar-refractivity contribution is -0.384. The predicted molar refractivity (Wildman–Crippen MR) is 103 cm³/mol. The van der Waals surface area contributed by atoms with Crippen LogP contribution in [-0.2, 0) is 4.74 Å². The van der Waals surface area contributed by atoms with Crippen LogP contribution in [-0.4, -0.2) is 49.8 Å². The highest BCUT2D eigenvalue weighted by Crippen LogP contribution is 2.30. The van der Waals surface area contributed by atoms with Crippen molar-refractivity contribution < 1.29 is 14.5 Å². The van der Waals surface area contributed by atoms with Gasteiger partial charge in [0, 0.05) is 30.5 Å². The molecule has 1 amide bonds. The zero-order chi connectivity index (χ0) is 19.6. The monoisotopic (exact) mass is 390 g/mol. The molecule has 1 aliphatic rings. The normalized spacial score (nSPS) is 17.7. The molecule has 0 radical (unpaired) electrons. The molecule has 3 rings (SSSR count). The minimum Gasteiger partial charge on any atom is -0.444 e. The highest BCUT2D eigenvalue weighted by Gasteiger charge is 2.28. The van der Waals surface area contributed by atoms with Gasteiger partial charge in [0.05, 0.1) is 22.2 Å². The van der Waals surface area contributed by atoms with Crippen molar-refractivity contribution in [1.82, 2.24) is 14.9 Å². The molecule has 0 unspecified atom stereocenters. The highest BCUT2D eigenvalue weighted by atomic mass is 32.2. The summed E-state index contributed by atoms with van der Waals surface area (Å²) in [6.07, 6.45) is 3.22. The molecule has 0 spiro atoms. The maximum Gasteiger partial charge on any atom is 0.410 e. The van der Waals surface area contributed by atoms with Gasteiger partial charge in [-0.1, -0.05) is 11.8 Å². The largest absolute Gasteiger partial charge is 0.444 e. The van der Waals surface area contributed by atoms with Gasteiger partial charge in [0.25, 0.3) is 5.69 Å². The first kappa shape index (κ1) is 19.3. The summed E-state index contributed by atoms with van der Waals surface area (Å²) in [7, 11) is 0. The molecule has 2 aromatic rings. The molecule has 0 N–H and O–H groups in total. The summed E-state index contributed by atoms with van der Waals surface area (Å²) in [4.78, 5) is 33.3. The van der Waals surface area contributed by atoms with Gasteiger partial charge < -0.3 is 9.64 Å². The standard InChI is InChI=1S/C18H22N4O4S/c1-18(2,3)26-17(23)21-8-4-5-13(11-21)27-16-10-19-15-9-12(22(24)25)6-7-14(15)20-16/h6-7,9-10,13H,4-5,8,11H2,1-3H3/t13-/m1/s1. The average molecular weight is 390 g/mol. The number of ether oxygens (including phenoxy) is 1. The Labute approximate surface area is 161 Å². The number of benzene rings is 1. The third-order valence-electron chi connectivity index (χ3n) is 4.03.